The normalized spacial score (nSPS) is 18.4. The van der Waals surface area contributed by atoms with E-state index in [1.54, 1.807) is 6.92 Å². The molecule has 1 fully saturated rings. The van der Waals surface area contributed by atoms with Crippen LogP contribution in [0.3, 0.4) is 0 Å². The van der Waals surface area contributed by atoms with Gasteiger partial charge in [-0.1, -0.05) is 0 Å². The minimum atomic E-state index is -0.767. The topological polar surface area (TPSA) is 69.6 Å². The summed E-state index contributed by atoms with van der Waals surface area (Å²) in [5.74, 6) is -0.0174. The molecule has 0 saturated carbocycles. The Morgan fingerprint density at radius 1 is 1.21 bits per heavy atom. The zero-order valence-corrected chi connectivity index (χ0v) is 11.6. The number of hydrogen-bond donors (Lipinski definition) is 1. The summed E-state index contributed by atoms with van der Waals surface area (Å²) in [7, 11) is 0. The third-order valence-electron chi connectivity index (χ3n) is 3.47. The number of carbonyl (C=O) groups is 1. The van der Waals surface area contributed by atoms with Gasteiger partial charge < -0.3 is 10.0 Å². The molecule has 1 saturated heterocycles. The Labute approximate surface area is 113 Å². The number of hydrogen-bond acceptors (Lipinski definition) is 5. The van der Waals surface area contributed by atoms with Crippen LogP contribution in [0.15, 0.2) is 6.07 Å². The van der Waals surface area contributed by atoms with E-state index in [9.17, 15) is 4.79 Å². The summed E-state index contributed by atoms with van der Waals surface area (Å²) < 4.78 is 0. The molecule has 2 rings (SSSR count). The zero-order valence-electron chi connectivity index (χ0n) is 11.6. The number of rotatable bonds is 3. The van der Waals surface area contributed by atoms with Crippen LogP contribution >= 0.6 is 0 Å². The van der Waals surface area contributed by atoms with Crippen molar-refractivity contribution in [2.75, 3.05) is 31.1 Å². The maximum absolute atomic E-state index is 11.0. The number of aliphatic carboxylic acids is 1. The molecule has 1 aromatic rings. The first kappa shape index (κ1) is 13.7. The van der Waals surface area contributed by atoms with Crippen molar-refractivity contribution < 1.29 is 9.90 Å². The highest BCUT2D eigenvalue weighted by Gasteiger charge is 2.26. The number of aryl methyl sites for hydroxylation is 2. The number of carboxylic acids is 1. The number of carboxylic acid groups (broad SMARTS) is 1. The van der Waals surface area contributed by atoms with Crippen LogP contribution in [0.25, 0.3) is 0 Å². The quantitative estimate of drug-likeness (QED) is 0.866. The van der Waals surface area contributed by atoms with Crippen molar-refractivity contribution in [2.45, 2.75) is 26.8 Å². The Bertz CT molecular complexity index is 449. The third kappa shape index (κ3) is 3.20. The van der Waals surface area contributed by atoms with E-state index in [0.717, 1.165) is 43.5 Å². The molecule has 0 aliphatic carbocycles. The lowest BCUT2D eigenvalue weighted by atomic mass is 10.2. The molecule has 0 spiro atoms. The molecule has 0 radical (unpaired) electrons. The van der Waals surface area contributed by atoms with Gasteiger partial charge in [-0.15, -0.1) is 0 Å². The third-order valence-corrected chi connectivity index (χ3v) is 3.47. The highest BCUT2D eigenvalue weighted by Crippen LogP contribution is 2.14. The summed E-state index contributed by atoms with van der Waals surface area (Å²) in [6.45, 7) is 8.63. The van der Waals surface area contributed by atoms with Crippen LogP contribution in [0, 0.1) is 13.8 Å². The fourth-order valence-corrected chi connectivity index (χ4v) is 2.31. The van der Waals surface area contributed by atoms with Crippen molar-refractivity contribution in [1.29, 1.82) is 0 Å². The summed E-state index contributed by atoms with van der Waals surface area (Å²) in [6, 6.07) is 1.52. The molecule has 2 heterocycles. The fourth-order valence-electron chi connectivity index (χ4n) is 2.31. The van der Waals surface area contributed by atoms with E-state index in [1.807, 2.05) is 24.8 Å². The molecule has 1 aromatic heterocycles. The molecule has 6 nitrogen and oxygen atoms in total. The lowest BCUT2D eigenvalue weighted by Crippen LogP contribution is -2.52. The van der Waals surface area contributed by atoms with Crippen molar-refractivity contribution in [3.05, 3.63) is 17.5 Å². The predicted octanol–water partition coefficient (Wildman–Crippen LogP) is 0.689. The Kier molecular flexibility index (Phi) is 3.99. The molecule has 0 amide bonds. The summed E-state index contributed by atoms with van der Waals surface area (Å²) in [4.78, 5) is 23.9. The highest BCUT2D eigenvalue weighted by molar-refractivity contribution is 5.72. The van der Waals surface area contributed by atoms with Crippen molar-refractivity contribution in [3.63, 3.8) is 0 Å². The van der Waals surface area contributed by atoms with E-state index >= 15 is 0 Å². The second kappa shape index (κ2) is 5.52. The van der Waals surface area contributed by atoms with Crippen molar-refractivity contribution in [3.8, 4) is 0 Å². The molecule has 1 atom stereocenters. The first-order valence-corrected chi connectivity index (χ1v) is 6.51. The molecule has 0 bridgehead atoms. The Hall–Kier alpha value is -1.69. The lowest BCUT2D eigenvalue weighted by Gasteiger charge is -2.36. The lowest BCUT2D eigenvalue weighted by molar-refractivity contribution is -0.142. The van der Waals surface area contributed by atoms with Crippen LogP contribution in [0.1, 0.15) is 18.3 Å². The van der Waals surface area contributed by atoms with Crippen molar-refractivity contribution >= 4 is 11.9 Å². The summed E-state index contributed by atoms with van der Waals surface area (Å²) >= 11 is 0. The van der Waals surface area contributed by atoms with Crippen LogP contribution in [-0.2, 0) is 4.79 Å². The van der Waals surface area contributed by atoms with E-state index in [-0.39, 0.29) is 0 Å². The average molecular weight is 264 g/mol. The Balaban J connectivity index is 2.01. The van der Waals surface area contributed by atoms with Crippen LogP contribution in [0.4, 0.5) is 5.95 Å². The van der Waals surface area contributed by atoms with Crippen LogP contribution < -0.4 is 4.90 Å². The Morgan fingerprint density at radius 2 is 1.74 bits per heavy atom. The average Bonchev–Trinajstić information content (AvgIpc) is 2.37. The van der Waals surface area contributed by atoms with Gasteiger partial charge in [0, 0.05) is 37.6 Å². The van der Waals surface area contributed by atoms with Gasteiger partial charge in [-0.25, -0.2) is 9.97 Å². The minimum absolute atomic E-state index is 0.428. The zero-order chi connectivity index (χ0) is 14.0. The van der Waals surface area contributed by atoms with E-state index in [1.165, 1.54) is 0 Å². The Morgan fingerprint density at radius 3 is 2.21 bits per heavy atom. The highest BCUT2D eigenvalue weighted by atomic mass is 16.4. The molecule has 0 aromatic carbocycles. The van der Waals surface area contributed by atoms with Gasteiger partial charge in [0.2, 0.25) is 5.95 Å². The van der Waals surface area contributed by atoms with E-state index in [0.29, 0.717) is 0 Å². The van der Waals surface area contributed by atoms with Gasteiger partial charge in [0.15, 0.2) is 0 Å². The summed E-state index contributed by atoms with van der Waals surface area (Å²) in [5, 5.41) is 9.01. The molecule has 6 heteroatoms. The van der Waals surface area contributed by atoms with E-state index < -0.39 is 12.0 Å². The second-order valence-electron chi connectivity index (χ2n) is 4.99. The van der Waals surface area contributed by atoms with Crippen LogP contribution in [0.5, 0.6) is 0 Å². The smallest absolute Gasteiger partial charge is 0.320 e. The van der Waals surface area contributed by atoms with Crippen LogP contribution in [0.2, 0.25) is 0 Å². The van der Waals surface area contributed by atoms with Gasteiger partial charge >= 0.3 is 5.97 Å². The van der Waals surface area contributed by atoms with Crippen molar-refractivity contribution in [2.24, 2.45) is 0 Å². The molecular formula is C13H20N4O2. The molecule has 19 heavy (non-hydrogen) atoms. The fraction of sp³-hybridized carbons (Fsp3) is 0.615. The van der Waals surface area contributed by atoms with Gasteiger partial charge in [0.05, 0.1) is 0 Å². The number of nitrogens with zero attached hydrogens (tertiary/aromatic N) is 4. The maximum Gasteiger partial charge on any atom is 0.320 e. The number of piperazine rings is 1. The molecule has 1 aliphatic rings. The minimum Gasteiger partial charge on any atom is -0.480 e. The molecular weight excluding hydrogens is 244 g/mol. The van der Waals surface area contributed by atoms with Gasteiger partial charge in [0.25, 0.3) is 0 Å². The van der Waals surface area contributed by atoms with E-state index in [2.05, 4.69) is 14.9 Å². The van der Waals surface area contributed by atoms with Gasteiger partial charge in [-0.05, 0) is 26.8 Å². The van der Waals surface area contributed by atoms with Gasteiger partial charge in [-0.2, -0.15) is 0 Å². The monoisotopic (exact) mass is 264 g/mol. The first-order valence-electron chi connectivity index (χ1n) is 6.51. The van der Waals surface area contributed by atoms with E-state index in [4.69, 9.17) is 5.11 Å². The standard InChI is InChI=1S/C13H20N4O2/c1-9-8-10(2)15-13(14-9)17-6-4-16(5-7-17)11(3)12(18)19/h8,11H,4-7H2,1-3H3,(H,18,19). The number of aromatic nitrogens is 2. The largest absolute Gasteiger partial charge is 0.480 e. The maximum atomic E-state index is 11.0. The molecule has 1 aliphatic heterocycles. The van der Waals surface area contributed by atoms with Gasteiger partial charge in [0.1, 0.15) is 6.04 Å². The number of anilines is 1. The summed E-state index contributed by atoms with van der Waals surface area (Å²) in [5.41, 5.74) is 1.92. The summed E-state index contributed by atoms with van der Waals surface area (Å²) in [6.07, 6.45) is 0. The predicted molar refractivity (Wildman–Crippen MR) is 72.4 cm³/mol. The van der Waals surface area contributed by atoms with Gasteiger partial charge in [-0.3, -0.25) is 9.69 Å². The van der Waals surface area contributed by atoms with Crippen LogP contribution in [-0.4, -0.2) is 58.2 Å². The first-order chi connectivity index (χ1) is 8.97. The molecule has 104 valence electrons. The SMILES string of the molecule is Cc1cc(C)nc(N2CCN(C(C)C(=O)O)CC2)n1. The molecule has 1 N–H and O–H groups in total. The van der Waals surface area contributed by atoms with Crippen molar-refractivity contribution in [1.82, 2.24) is 14.9 Å². The molecule has 1 unspecified atom stereocenters. The second-order valence-corrected chi connectivity index (χ2v) is 4.99.